The Kier molecular flexibility index (Phi) is 4.61. The van der Waals surface area contributed by atoms with E-state index in [1.165, 1.54) is 12.1 Å². The molecule has 0 atom stereocenters. The van der Waals surface area contributed by atoms with Crippen LogP contribution in [0.3, 0.4) is 0 Å². The third-order valence-corrected chi connectivity index (χ3v) is 5.21. The van der Waals surface area contributed by atoms with Gasteiger partial charge in [-0.3, -0.25) is 14.9 Å². The molecule has 3 heterocycles. The van der Waals surface area contributed by atoms with Crippen LogP contribution in [0.1, 0.15) is 24.8 Å². The Balaban J connectivity index is 1.56. The van der Waals surface area contributed by atoms with Crippen LogP contribution in [0.5, 0.6) is 0 Å². The van der Waals surface area contributed by atoms with Crippen molar-refractivity contribution in [2.45, 2.75) is 19.3 Å². The number of aromatic nitrogens is 3. The molecular weight excluding hydrogens is 406 g/mol. The van der Waals surface area contributed by atoms with Crippen molar-refractivity contribution < 1.29 is 18.4 Å². The fourth-order valence-corrected chi connectivity index (χ4v) is 3.39. The van der Waals surface area contributed by atoms with Gasteiger partial charge in [-0.15, -0.1) is 0 Å². The fourth-order valence-electron chi connectivity index (χ4n) is 3.39. The molecule has 158 valence electrons. The zero-order valence-electron chi connectivity index (χ0n) is 16.3. The van der Waals surface area contributed by atoms with E-state index in [-0.39, 0.29) is 23.8 Å². The van der Waals surface area contributed by atoms with Gasteiger partial charge >= 0.3 is 0 Å². The Bertz CT molecular complexity index is 1250. The van der Waals surface area contributed by atoms with Crippen LogP contribution in [-0.4, -0.2) is 33.0 Å². The molecule has 1 saturated carbocycles. The van der Waals surface area contributed by atoms with E-state index in [0.29, 0.717) is 28.5 Å². The van der Waals surface area contributed by atoms with E-state index in [1.54, 1.807) is 22.9 Å². The number of hydrogen-bond acceptors (Lipinski definition) is 6. The van der Waals surface area contributed by atoms with Gasteiger partial charge in [0.2, 0.25) is 5.91 Å². The highest BCUT2D eigenvalue weighted by molar-refractivity contribution is 6.15. The topological polar surface area (TPSA) is 100 Å². The van der Waals surface area contributed by atoms with E-state index in [0.717, 1.165) is 25.5 Å². The van der Waals surface area contributed by atoms with Crippen molar-refractivity contribution in [1.29, 1.82) is 0 Å². The summed E-state index contributed by atoms with van der Waals surface area (Å²) in [7, 11) is 0. The number of anilines is 3. The van der Waals surface area contributed by atoms with Crippen molar-refractivity contribution in [2.24, 2.45) is 5.92 Å². The molecule has 2 fully saturated rings. The van der Waals surface area contributed by atoms with Gasteiger partial charge in [-0.25, -0.2) is 13.8 Å². The van der Waals surface area contributed by atoms with Crippen LogP contribution in [0.25, 0.3) is 11.7 Å². The van der Waals surface area contributed by atoms with E-state index in [1.807, 2.05) is 0 Å². The first-order valence-corrected chi connectivity index (χ1v) is 9.86. The first-order chi connectivity index (χ1) is 15.0. The Morgan fingerprint density at radius 3 is 2.84 bits per heavy atom. The van der Waals surface area contributed by atoms with Gasteiger partial charge < -0.3 is 10.6 Å². The molecule has 2 amide bonds. The van der Waals surface area contributed by atoms with Crippen molar-refractivity contribution in [1.82, 2.24) is 19.9 Å². The minimum Gasteiger partial charge on any atom is -0.370 e. The minimum atomic E-state index is -1.01. The molecule has 1 saturated heterocycles. The van der Waals surface area contributed by atoms with Crippen LogP contribution in [-0.2, 0) is 9.59 Å². The lowest BCUT2D eigenvalue weighted by Crippen LogP contribution is -2.19. The van der Waals surface area contributed by atoms with Crippen LogP contribution in [0.2, 0.25) is 0 Å². The standard InChI is InChI=1S/C21H18F2N6O2/c22-14-2-1-3-15(19(14)23)26-16-8-17(24-9-11-4-5-11)29-20(27-16)13(10-25-29)6-12-7-18(30)28-21(12)31/h1-3,6,8,10-11,24H,4-5,7,9H2,(H,26,27)(H,28,30,31). The number of halogens is 2. The molecule has 1 aromatic carbocycles. The zero-order chi connectivity index (χ0) is 21.5. The van der Waals surface area contributed by atoms with Crippen molar-refractivity contribution in [3.05, 3.63) is 53.2 Å². The van der Waals surface area contributed by atoms with Gasteiger partial charge in [0.15, 0.2) is 17.3 Å². The number of benzene rings is 1. The average Bonchev–Trinajstić information content (AvgIpc) is 3.40. The average molecular weight is 424 g/mol. The Morgan fingerprint density at radius 2 is 2.10 bits per heavy atom. The molecular formula is C21H18F2N6O2. The van der Waals surface area contributed by atoms with Crippen molar-refractivity contribution >= 4 is 40.9 Å². The van der Waals surface area contributed by atoms with Crippen molar-refractivity contribution in [3.8, 4) is 0 Å². The third-order valence-electron chi connectivity index (χ3n) is 5.21. The quantitative estimate of drug-likeness (QED) is 0.416. The highest BCUT2D eigenvalue weighted by Crippen LogP contribution is 2.30. The zero-order valence-corrected chi connectivity index (χ0v) is 16.3. The Morgan fingerprint density at radius 1 is 1.26 bits per heavy atom. The van der Waals surface area contributed by atoms with Gasteiger partial charge in [0, 0.05) is 23.7 Å². The SMILES string of the molecule is O=C1CC(=Cc2cnn3c(NCC4CC4)cc(Nc4cccc(F)c4F)nc23)C(=O)N1. The summed E-state index contributed by atoms with van der Waals surface area (Å²) in [5.74, 6) is -1.30. The summed E-state index contributed by atoms with van der Waals surface area (Å²) >= 11 is 0. The van der Waals surface area contributed by atoms with E-state index in [2.05, 4.69) is 26.0 Å². The molecule has 0 spiro atoms. The van der Waals surface area contributed by atoms with Crippen molar-refractivity contribution in [3.63, 3.8) is 0 Å². The molecule has 3 N–H and O–H groups in total. The number of carbonyl (C=O) groups excluding carboxylic acids is 2. The second-order valence-corrected chi connectivity index (χ2v) is 7.64. The van der Waals surface area contributed by atoms with Gasteiger partial charge in [0.1, 0.15) is 11.6 Å². The summed E-state index contributed by atoms with van der Waals surface area (Å²) in [5.41, 5.74) is 1.19. The monoisotopic (exact) mass is 424 g/mol. The Hall–Kier alpha value is -3.82. The molecule has 5 rings (SSSR count). The van der Waals surface area contributed by atoms with Gasteiger partial charge in [-0.1, -0.05) is 6.07 Å². The summed E-state index contributed by atoms with van der Waals surface area (Å²) in [5, 5.41) is 12.7. The highest BCUT2D eigenvalue weighted by Gasteiger charge is 2.25. The molecule has 0 unspecified atom stereocenters. The lowest BCUT2D eigenvalue weighted by atomic mass is 10.1. The number of imide groups is 1. The van der Waals surface area contributed by atoms with Crippen LogP contribution in [0, 0.1) is 17.6 Å². The highest BCUT2D eigenvalue weighted by atomic mass is 19.2. The summed E-state index contributed by atoms with van der Waals surface area (Å²) in [6.07, 6.45) is 5.39. The number of rotatable bonds is 6. The van der Waals surface area contributed by atoms with E-state index in [4.69, 9.17) is 0 Å². The Labute approximate surface area is 175 Å². The van der Waals surface area contributed by atoms with Gasteiger partial charge in [-0.2, -0.15) is 9.61 Å². The maximum absolute atomic E-state index is 14.1. The molecule has 0 bridgehead atoms. The van der Waals surface area contributed by atoms with E-state index < -0.39 is 17.5 Å². The lowest BCUT2D eigenvalue weighted by molar-refractivity contribution is -0.124. The number of nitrogens with one attached hydrogen (secondary N) is 3. The predicted molar refractivity (Wildman–Crippen MR) is 110 cm³/mol. The molecule has 2 aliphatic rings. The number of amides is 2. The maximum Gasteiger partial charge on any atom is 0.254 e. The summed E-state index contributed by atoms with van der Waals surface area (Å²) < 4.78 is 29.3. The van der Waals surface area contributed by atoms with Gasteiger partial charge in [0.25, 0.3) is 5.91 Å². The second kappa shape index (κ2) is 7.46. The first-order valence-electron chi connectivity index (χ1n) is 9.86. The molecule has 0 radical (unpaired) electrons. The largest absolute Gasteiger partial charge is 0.370 e. The number of nitrogens with zero attached hydrogens (tertiary/aromatic N) is 3. The lowest BCUT2D eigenvalue weighted by Gasteiger charge is -2.12. The van der Waals surface area contributed by atoms with Crippen LogP contribution in [0.4, 0.5) is 26.1 Å². The maximum atomic E-state index is 14.1. The van der Waals surface area contributed by atoms with E-state index in [9.17, 15) is 18.4 Å². The summed E-state index contributed by atoms with van der Waals surface area (Å²) in [4.78, 5) is 27.9. The smallest absolute Gasteiger partial charge is 0.254 e. The van der Waals surface area contributed by atoms with E-state index >= 15 is 0 Å². The van der Waals surface area contributed by atoms with Gasteiger partial charge in [0.05, 0.1) is 18.3 Å². The number of carbonyl (C=O) groups is 2. The predicted octanol–water partition coefficient (Wildman–Crippen LogP) is 3.00. The number of hydrogen-bond donors (Lipinski definition) is 3. The molecule has 8 nitrogen and oxygen atoms in total. The molecule has 31 heavy (non-hydrogen) atoms. The summed E-state index contributed by atoms with van der Waals surface area (Å²) in [6, 6.07) is 5.51. The van der Waals surface area contributed by atoms with Crippen LogP contribution in [0.15, 0.2) is 36.0 Å². The van der Waals surface area contributed by atoms with Crippen LogP contribution < -0.4 is 16.0 Å². The molecule has 1 aliphatic carbocycles. The minimum absolute atomic E-state index is 0.0184. The molecule has 1 aliphatic heterocycles. The molecule has 10 heteroatoms. The number of fused-ring (bicyclic) bond motifs is 1. The molecule has 3 aromatic rings. The fraction of sp³-hybridized carbons (Fsp3) is 0.238. The summed E-state index contributed by atoms with van der Waals surface area (Å²) in [6.45, 7) is 0.750. The first kappa shape index (κ1) is 19.2. The van der Waals surface area contributed by atoms with Gasteiger partial charge in [-0.05, 0) is 37.0 Å². The van der Waals surface area contributed by atoms with Crippen molar-refractivity contribution in [2.75, 3.05) is 17.2 Å². The van der Waals surface area contributed by atoms with Crippen LogP contribution >= 0.6 is 0 Å². The third kappa shape index (κ3) is 3.83. The second-order valence-electron chi connectivity index (χ2n) is 7.64. The normalized spacial score (nSPS) is 17.4. The molecule has 2 aromatic heterocycles.